The lowest BCUT2D eigenvalue weighted by molar-refractivity contribution is 0.0677. The number of hydrogen-bond acceptors (Lipinski definition) is 5. The van der Waals surface area contributed by atoms with Crippen LogP contribution in [0.3, 0.4) is 0 Å². The molecule has 0 aromatic carbocycles. The molecule has 6 heteroatoms. The van der Waals surface area contributed by atoms with E-state index in [1.807, 2.05) is 17.5 Å². The highest BCUT2D eigenvalue weighted by molar-refractivity contribution is 7.13. The third kappa shape index (κ3) is 2.30. The molecular formula is C12H14N2O3S. The summed E-state index contributed by atoms with van der Waals surface area (Å²) in [5.74, 6) is 0.223. The lowest BCUT2D eigenvalue weighted by Crippen LogP contribution is -2.37. The number of amides is 1. The van der Waals surface area contributed by atoms with Gasteiger partial charge in [0.15, 0.2) is 17.8 Å². The van der Waals surface area contributed by atoms with Crippen molar-refractivity contribution in [2.24, 2.45) is 0 Å². The Morgan fingerprint density at radius 2 is 2.44 bits per heavy atom. The van der Waals surface area contributed by atoms with Crippen molar-refractivity contribution in [2.75, 3.05) is 13.7 Å². The van der Waals surface area contributed by atoms with Gasteiger partial charge in [-0.3, -0.25) is 4.79 Å². The van der Waals surface area contributed by atoms with Crippen LogP contribution in [0.4, 0.5) is 0 Å². The number of aliphatic hydroxyl groups is 1. The van der Waals surface area contributed by atoms with Gasteiger partial charge in [-0.2, -0.15) is 0 Å². The number of carbonyl (C=O) groups is 1. The van der Waals surface area contributed by atoms with Gasteiger partial charge in [0.1, 0.15) is 0 Å². The molecule has 2 aromatic rings. The van der Waals surface area contributed by atoms with Crippen LogP contribution in [0, 0.1) is 0 Å². The molecule has 0 aliphatic heterocycles. The zero-order valence-corrected chi connectivity index (χ0v) is 11.0. The van der Waals surface area contributed by atoms with Crippen LogP contribution in [0.15, 0.2) is 28.3 Å². The van der Waals surface area contributed by atoms with Crippen LogP contribution in [-0.4, -0.2) is 40.6 Å². The first kappa shape index (κ1) is 12.8. The summed E-state index contributed by atoms with van der Waals surface area (Å²) in [7, 11) is 1.64. The minimum absolute atomic E-state index is 0.0889. The van der Waals surface area contributed by atoms with Crippen molar-refractivity contribution >= 4 is 17.2 Å². The molecule has 2 aromatic heterocycles. The van der Waals surface area contributed by atoms with E-state index >= 15 is 0 Å². The standard InChI is InChI=1S/C12H14N2O3S/c1-8(6-15)14(2)12(16)10-11(17-7-13-10)9-4-3-5-18-9/h3-5,7-8,15H,6H2,1-2H3. The summed E-state index contributed by atoms with van der Waals surface area (Å²) >= 11 is 1.48. The van der Waals surface area contributed by atoms with Gasteiger partial charge in [-0.25, -0.2) is 4.98 Å². The number of likely N-dealkylation sites (N-methyl/N-ethyl adjacent to an activating group) is 1. The van der Waals surface area contributed by atoms with Gasteiger partial charge in [0.25, 0.3) is 5.91 Å². The third-order valence-electron chi connectivity index (χ3n) is 2.76. The van der Waals surface area contributed by atoms with E-state index < -0.39 is 0 Å². The van der Waals surface area contributed by atoms with Gasteiger partial charge in [-0.05, 0) is 18.4 Å². The molecular weight excluding hydrogens is 252 g/mol. The number of nitrogens with zero attached hydrogens (tertiary/aromatic N) is 2. The number of hydrogen-bond donors (Lipinski definition) is 1. The fraction of sp³-hybridized carbons (Fsp3) is 0.333. The van der Waals surface area contributed by atoms with Crippen LogP contribution in [0.2, 0.25) is 0 Å². The highest BCUT2D eigenvalue weighted by atomic mass is 32.1. The van der Waals surface area contributed by atoms with Crippen molar-refractivity contribution in [1.29, 1.82) is 0 Å². The van der Waals surface area contributed by atoms with Gasteiger partial charge in [0.05, 0.1) is 17.5 Å². The summed E-state index contributed by atoms with van der Waals surface area (Å²) in [5.41, 5.74) is 0.278. The largest absolute Gasteiger partial charge is 0.442 e. The van der Waals surface area contributed by atoms with E-state index in [4.69, 9.17) is 9.52 Å². The lowest BCUT2D eigenvalue weighted by atomic mass is 10.2. The monoisotopic (exact) mass is 266 g/mol. The Balaban J connectivity index is 2.30. The number of aromatic nitrogens is 1. The van der Waals surface area contributed by atoms with E-state index in [0.717, 1.165) is 4.88 Å². The average Bonchev–Trinajstić information content (AvgIpc) is 3.05. The van der Waals surface area contributed by atoms with Crippen molar-refractivity contribution < 1.29 is 14.3 Å². The van der Waals surface area contributed by atoms with E-state index in [2.05, 4.69) is 4.98 Å². The molecule has 0 bridgehead atoms. The molecule has 0 saturated carbocycles. The number of oxazole rings is 1. The van der Waals surface area contributed by atoms with Crippen LogP contribution >= 0.6 is 11.3 Å². The molecule has 1 unspecified atom stereocenters. The molecule has 1 N–H and O–H groups in total. The normalized spacial score (nSPS) is 12.4. The second kappa shape index (κ2) is 5.32. The Morgan fingerprint density at radius 3 is 3.06 bits per heavy atom. The van der Waals surface area contributed by atoms with E-state index in [1.54, 1.807) is 14.0 Å². The van der Waals surface area contributed by atoms with E-state index in [9.17, 15) is 4.79 Å². The first-order valence-electron chi connectivity index (χ1n) is 5.50. The quantitative estimate of drug-likeness (QED) is 0.917. The minimum atomic E-state index is -0.259. The molecule has 0 radical (unpaired) electrons. The third-order valence-corrected chi connectivity index (χ3v) is 3.63. The van der Waals surface area contributed by atoms with Crippen LogP contribution in [0.1, 0.15) is 17.4 Å². The predicted octanol–water partition coefficient (Wildman–Crippen LogP) is 1.86. The number of thiophene rings is 1. The molecule has 1 amide bonds. The second-order valence-electron chi connectivity index (χ2n) is 3.96. The maximum absolute atomic E-state index is 12.2. The molecule has 2 heterocycles. The Labute approximate surface area is 109 Å². The lowest BCUT2D eigenvalue weighted by Gasteiger charge is -2.22. The average molecular weight is 266 g/mol. The summed E-state index contributed by atoms with van der Waals surface area (Å²) < 4.78 is 5.28. The van der Waals surface area contributed by atoms with E-state index in [1.165, 1.54) is 22.6 Å². The smallest absolute Gasteiger partial charge is 0.276 e. The van der Waals surface area contributed by atoms with Gasteiger partial charge >= 0.3 is 0 Å². The first-order chi connectivity index (χ1) is 8.65. The molecule has 1 atom stereocenters. The summed E-state index contributed by atoms with van der Waals surface area (Å²) in [6.45, 7) is 1.68. The van der Waals surface area contributed by atoms with Gasteiger partial charge in [0, 0.05) is 7.05 Å². The first-order valence-corrected chi connectivity index (χ1v) is 6.38. The topological polar surface area (TPSA) is 66.6 Å². The minimum Gasteiger partial charge on any atom is -0.442 e. The second-order valence-corrected chi connectivity index (χ2v) is 4.90. The van der Waals surface area contributed by atoms with Crippen LogP contribution in [-0.2, 0) is 0 Å². The Hall–Kier alpha value is -1.66. The van der Waals surface area contributed by atoms with Crippen LogP contribution in [0.25, 0.3) is 10.6 Å². The maximum Gasteiger partial charge on any atom is 0.276 e. The van der Waals surface area contributed by atoms with Crippen LogP contribution < -0.4 is 0 Å². The summed E-state index contributed by atoms with van der Waals surface area (Å²) in [6, 6.07) is 3.50. The van der Waals surface area contributed by atoms with Gasteiger partial charge < -0.3 is 14.4 Å². The van der Waals surface area contributed by atoms with Crippen molar-refractivity contribution in [1.82, 2.24) is 9.88 Å². The number of rotatable bonds is 4. The zero-order valence-electron chi connectivity index (χ0n) is 10.2. The molecule has 0 aliphatic carbocycles. The molecule has 18 heavy (non-hydrogen) atoms. The van der Waals surface area contributed by atoms with Crippen molar-refractivity contribution in [3.63, 3.8) is 0 Å². The van der Waals surface area contributed by atoms with Crippen molar-refractivity contribution in [3.8, 4) is 10.6 Å². The molecule has 96 valence electrons. The Bertz CT molecular complexity index is 521. The Morgan fingerprint density at radius 1 is 1.67 bits per heavy atom. The molecule has 2 rings (SSSR count). The molecule has 0 aliphatic rings. The fourth-order valence-corrected chi connectivity index (χ4v) is 2.18. The predicted molar refractivity (Wildman–Crippen MR) is 68.5 cm³/mol. The summed E-state index contributed by atoms with van der Waals surface area (Å²) in [6.07, 6.45) is 1.26. The number of carbonyl (C=O) groups excluding carboxylic acids is 1. The SMILES string of the molecule is CC(CO)N(C)C(=O)c1ncoc1-c1cccs1. The highest BCUT2D eigenvalue weighted by Gasteiger charge is 2.24. The Kier molecular flexibility index (Phi) is 3.78. The van der Waals surface area contributed by atoms with Crippen molar-refractivity contribution in [3.05, 3.63) is 29.6 Å². The molecule has 0 fully saturated rings. The fourth-order valence-electron chi connectivity index (χ4n) is 1.47. The summed E-state index contributed by atoms with van der Waals surface area (Å²) in [4.78, 5) is 18.5. The van der Waals surface area contributed by atoms with Gasteiger partial charge in [0.2, 0.25) is 0 Å². The van der Waals surface area contributed by atoms with E-state index in [-0.39, 0.29) is 24.2 Å². The highest BCUT2D eigenvalue weighted by Crippen LogP contribution is 2.28. The van der Waals surface area contributed by atoms with Gasteiger partial charge in [-0.15, -0.1) is 11.3 Å². The molecule has 0 saturated heterocycles. The maximum atomic E-state index is 12.2. The van der Waals surface area contributed by atoms with E-state index in [0.29, 0.717) is 5.76 Å². The van der Waals surface area contributed by atoms with Gasteiger partial charge in [-0.1, -0.05) is 6.07 Å². The van der Waals surface area contributed by atoms with Crippen LogP contribution in [0.5, 0.6) is 0 Å². The molecule has 5 nitrogen and oxygen atoms in total. The zero-order chi connectivity index (χ0) is 13.1. The summed E-state index contributed by atoms with van der Waals surface area (Å²) in [5, 5.41) is 11.0. The number of aliphatic hydroxyl groups excluding tert-OH is 1. The molecule has 0 spiro atoms. The van der Waals surface area contributed by atoms with Crippen molar-refractivity contribution in [2.45, 2.75) is 13.0 Å².